The maximum absolute atomic E-state index is 6.79. The molecule has 0 rings (SSSR count). The summed E-state index contributed by atoms with van der Waals surface area (Å²) in [7, 11) is -5.79. The summed E-state index contributed by atoms with van der Waals surface area (Å²) in [5, 5.41) is 0. The lowest BCUT2D eigenvalue weighted by atomic mass is 10.1. The van der Waals surface area contributed by atoms with Crippen LogP contribution in [0.15, 0.2) is 0 Å². The first-order chi connectivity index (χ1) is 19.9. The van der Waals surface area contributed by atoms with Gasteiger partial charge in [-0.15, -0.1) is 0 Å². The normalized spacial score (nSPS) is 12.4. The lowest BCUT2D eigenvalue weighted by Gasteiger charge is -2.35. The van der Waals surface area contributed by atoms with Crippen molar-refractivity contribution in [2.24, 2.45) is 0 Å². The Kier molecular flexibility index (Phi) is 30.4. The molecule has 0 aliphatic heterocycles. The fourth-order valence-corrected chi connectivity index (χ4v) is 11.0. The van der Waals surface area contributed by atoms with Gasteiger partial charge in [-0.25, -0.2) is 0 Å². The summed E-state index contributed by atoms with van der Waals surface area (Å²) in [6, 6.07) is 0. The first-order valence-electron chi connectivity index (χ1n) is 18.2. The second kappa shape index (κ2) is 30.3. The number of hydrogen-bond acceptors (Lipinski definition) is 5. The maximum atomic E-state index is 6.79. The van der Waals surface area contributed by atoms with Gasteiger partial charge < -0.3 is 21.8 Å². The van der Waals surface area contributed by atoms with Crippen LogP contribution >= 0.6 is 0 Å². The van der Waals surface area contributed by atoms with Gasteiger partial charge in [-0.1, -0.05) is 156 Å². The van der Waals surface area contributed by atoms with Gasteiger partial charge in [0.05, 0.1) is 0 Å². The highest BCUT2D eigenvalue weighted by Gasteiger charge is 2.47. The molecular formula is C34H74O5Si2. The minimum atomic E-state index is -2.90. The number of hydrogen-bond donors (Lipinski definition) is 0. The van der Waals surface area contributed by atoms with Crippen LogP contribution in [0.1, 0.15) is 182 Å². The summed E-state index contributed by atoms with van der Waals surface area (Å²) in [5.41, 5.74) is 0. The maximum Gasteiger partial charge on any atom is 0.490 e. The molecule has 0 atom stereocenters. The Morgan fingerprint density at radius 1 is 0.293 bits per heavy atom. The summed E-state index contributed by atoms with van der Waals surface area (Å²) in [4.78, 5) is 0. The first-order valence-corrected chi connectivity index (χ1v) is 22.7. The lowest BCUT2D eigenvalue weighted by molar-refractivity contribution is 0.0457. The lowest BCUT2D eigenvalue weighted by Crippen LogP contribution is -2.56. The van der Waals surface area contributed by atoms with Crippen LogP contribution in [0.25, 0.3) is 0 Å². The molecule has 7 heteroatoms. The third-order valence-corrected chi connectivity index (χ3v) is 13.7. The van der Waals surface area contributed by atoms with E-state index in [1.54, 1.807) is 0 Å². The van der Waals surface area contributed by atoms with Gasteiger partial charge in [-0.05, 0) is 25.7 Å². The molecule has 0 saturated heterocycles. The zero-order valence-electron chi connectivity index (χ0n) is 28.8. The van der Waals surface area contributed by atoms with Gasteiger partial charge in [0.15, 0.2) is 0 Å². The van der Waals surface area contributed by atoms with Crippen LogP contribution in [0.3, 0.4) is 0 Å². The van der Waals surface area contributed by atoms with Gasteiger partial charge >= 0.3 is 17.6 Å². The summed E-state index contributed by atoms with van der Waals surface area (Å²) < 4.78 is 32.8. The average Bonchev–Trinajstić information content (AvgIpc) is 2.95. The van der Waals surface area contributed by atoms with E-state index in [0.717, 1.165) is 25.7 Å². The third kappa shape index (κ3) is 27.5. The minimum absolute atomic E-state index is 0.699. The Labute approximate surface area is 260 Å². The van der Waals surface area contributed by atoms with Crippen molar-refractivity contribution < 1.29 is 21.8 Å². The van der Waals surface area contributed by atoms with Gasteiger partial charge in [-0.3, -0.25) is 0 Å². The molecule has 0 unspecified atom stereocenters. The molecule has 5 nitrogen and oxygen atoms in total. The van der Waals surface area contributed by atoms with Crippen LogP contribution in [0.5, 0.6) is 0 Å². The Morgan fingerprint density at radius 3 is 0.707 bits per heavy atom. The van der Waals surface area contributed by atoms with Gasteiger partial charge in [0.1, 0.15) is 0 Å². The minimum Gasteiger partial charge on any atom is -0.374 e. The van der Waals surface area contributed by atoms with Crippen molar-refractivity contribution in [3.8, 4) is 0 Å². The fraction of sp³-hybridized carbons (Fsp3) is 1.00. The molecule has 0 radical (unpaired) electrons. The van der Waals surface area contributed by atoms with E-state index in [1.165, 1.54) is 128 Å². The van der Waals surface area contributed by atoms with Crippen molar-refractivity contribution in [1.29, 1.82) is 0 Å². The molecular weight excluding hydrogens is 545 g/mol. The van der Waals surface area contributed by atoms with Gasteiger partial charge in [0.25, 0.3) is 0 Å². The Hall–Kier alpha value is 0.234. The highest BCUT2D eigenvalue weighted by Crippen LogP contribution is 2.23. The highest BCUT2D eigenvalue weighted by molar-refractivity contribution is 6.73. The zero-order chi connectivity index (χ0) is 30.3. The van der Waals surface area contributed by atoms with E-state index in [2.05, 4.69) is 40.8 Å². The molecule has 0 aromatic rings. The molecule has 0 aromatic carbocycles. The van der Waals surface area contributed by atoms with Crippen molar-refractivity contribution in [1.82, 2.24) is 0 Å². The predicted octanol–water partition coefficient (Wildman–Crippen LogP) is 11.6. The summed E-state index contributed by atoms with van der Waals surface area (Å²) in [6.45, 7) is 16.0. The second-order valence-electron chi connectivity index (χ2n) is 12.3. The van der Waals surface area contributed by atoms with Gasteiger partial charge in [0, 0.05) is 39.5 Å². The van der Waals surface area contributed by atoms with E-state index in [-0.39, 0.29) is 0 Å². The Balaban J connectivity index is 5.05. The molecule has 0 fully saturated rings. The van der Waals surface area contributed by atoms with E-state index in [9.17, 15) is 0 Å². The van der Waals surface area contributed by atoms with Crippen molar-refractivity contribution in [2.75, 3.05) is 26.4 Å². The Bertz CT molecular complexity index is 443. The molecule has 0 saturated carbocycles. The predicted molar refractivity (Wildman–Crippen MR) is 182 cm³/mol. The van der Waals surface area contributed by atoms with Crippen molar-refractivity contribution in [2.45, 2.75) is 195 Å². The summed E-state index contributed by atoms with van der Waals surface area (Å²) in [6.07, 6.45) is 29.9. The van der Waals surface area contributed by atoms with E-state index >= 15 is 0 Å². The van der Waals surface area contributed by atoms with Crippen molar-refractivity contribution in [3.63, 3.8) is 0 Å². The van der Waals surface area contributed by atoms with E-state index in [4.69, 9.17) is 21.8 Å². The topological polar surface area (TPSA) is 46.2 Å². The second-order valence-corrected chi connectivity index (χ2v) is 17.7. The molecule has 0 N–H and O–H groups in total. The quantitative estimate of drug-likeness (QED) is 0.0530. The van der Waals surface area contributed by atoms with Crippen LogP contribution in [-0.2, 0) is 21.8 Å². The molecule has 0 aliphatic carbocycles. The number of rotatable bonds is 34. The molecule has 0 aliphatic rings. The largest absolute Gasteiger partial charge is 0.490 e. The monoisotopic (exact) mass is 619 g/mol. The average molecular weight is 619 g/mol. The summed E-state index contributed by atoms with van der Waals surface area (Å²) in [5.74, 6) is 0. The fourth-order valence-electron chi connectivity index (χ4n) is 5.10. The van der Waals surface area contributed by atoms with Crippen LogP contribution in [-0.4, -0.2) is 44.0 Å². The van der Waals surface area contributed by atoms with E-state index in [1.807, 2.05) is 0 Å². The summed E-state index contributed by atoms with van der Waals surface area (Å²) >= 11 is 0. The van der Waals surface area contributed by atoms with Gasteiger partial charge in [-0.2, -0.15) is 0 Å². The smallest absolute Gasteiger partial charge is 0.374 e. The Morgan fingerprint density at radius 2 is 0.488 bits per heavy atom. The molecule has 0 heterocycles. The zero-order valence-corrected chi connectivity index (χ0v) is 30.8. The van der Waals surface area contributed by atoms with E-state index < -0.39 is 17.6 Å². The first kappa shape index (κ1) is 41.2. The molecule has 0 spiro atoms. The van der Waals surface area contributed by atoms with Crippen LogP contribution in [0.2, 0.25) is 13.1 Å². The van der Waals surface area contributed by atoms with Gasteiger partial charge in [0.2, 0.25) is 0 Å². The molecule has 0 amide bonds. The van der Waals surface area contributed by atoms with Crippen LogP contribution in [0, 0.1) is 0 Å². The highest BCUT2D eigenvalue weighted by atomic mass is 28.5. The van der Waals surface area contributed by atoms with Crippen LogP contribution in [0.4, 0.5) is 0 Å². The standard InChI is InChI=1S/C34H74O5Si2/c1-7-11-15-19-23-27-31-35-40(5,36-32-28-24-20-16-12-8-2)39-41(6,37-33-29-25-21-17-13-9-3)38-34-30-26-22-18-14-10-4/h7-34H2,1-6H3. The third-order valence-electron chi connectivity index (χ3n) is 7.82. The molecule has 248 valence electrons. The van der Waals surface area contributed by atoms with Crippen molar-refractivity contribution in [3.05, 3.63) is 0 Å². The number of unbranched alkanes of at least 4 members (excludes halogenated alkanes) is 20. The molecule has 0 aromatic heterocycles. The van der Waals surface area contributed by atoms with Crippen LogP contribution < -0.4 is 0 Å². The SMILES string of the molecule is CCCCCCCCO[Si](C)(OCCCCCCCC)O[Si](C)(OCCCCCCCC)OCCCCCCCC. The van der Waals surface area contributed by atoms with E-state index in [0.29, 0.717) is 26.4 Å². The molecule has 0 bridgehead atoms. The van der Waals surface area contributed by atoms with Crippen molar-refractivity contribution >= 4 is 17.6 Å². The molecule has 41 heavy (non-hydrogen) atoms.